The zero-order chi connectivity index (χ0) is 27.1. The summed E-state index contributed by atoms with van der Waals surface area (Å²) in [6.07, 6.45) is 2.04. The second-order valence-electron chi connectivity index (χ2n) is 9.58. The highest BCUT2D eigenvalue weighted by Crippen LogP contribution is 2.39. The number of amides is 2. The lowest BCUT2D eigenvalue weighted by Gasteiger charge is -2.31. The van der Waals surface area contributed by atoms with E-state index in [4.69, 9.17) is 21.4 Å². The number of para-hydroxylation sites is 1. The predicted octanol–water partition coefficient (Wildman–Crippen LogP) is 7.08. The Hall–Kier alpha value is -4.49. The third-order valence-electron chi connectivity index (χ3n) is 7.29. The molecule has 0 radical (unpaired) electrons. The van der Waals surface area contributed by atoms with Gasteiger partial charge in [-0.25, -0.2) is 9.48 Å². The molecule has 1 aliphatic heterocycles. The minimum absolute atomic E-state index is 0.228. The lowest BCUT2D eigenvalue weighted by Crippen LogP contribution is -2.38. The monoisotopic (exact) mass is 537 g/mol. The zero-order valence-corrected chi connectivity index (χ0v) is 22.7. The van der Waals surface area contributed by atoms with Crippen LogP contribution in [0.15, 0.2) is 91.1 Å². The summed E-state index contributed by atoms with van der Waals surface area (Å²) in [6.45, 7) is 4.25. The second-order valence-corrected chi connectivity index (χ2v) is 9.99. The maximum absolute atomic E-state index is 14.1. The van der Waals surface area contributed by atoms with Crippen LogP contribution in [-0.4, -0.2) is 32.4 Å². The summed E-state index contributed by atoms with van der Waals surface area (Å²) in [5.74, 6) is 1.68. The Morgan fingerprint density at radius 1 is 0.974 bits per heavy atom. The number of hydrogen-bond donors (Lipinski definition) is 1. The van der Waals surface area contributed by atoms with Crippen molar-refractivity contribution in [3.05, 3.63) is 124 Å². The second kappa shape index (κ2) is 10.0. The Balaban J connectivity index is 1.53. The largest absolute Gasteiger partial charge is 0.497 e. The van der Waals surface area contributed by atoms with Crippen LogP contribution < -0.4 is 10.1 Å². The first-order valence-corrected chi connectivity index (χ1v) is 13.1. The van der Waals surface area contributed by atoms with E-state index in [1.54, 1.807) is 7.11 Å². The third-order valence-corrected chi connectivity index (χ3v) is 7.70. The number of aryl methyl sites for hydroxylation is 1. The summed E-state index contributed by atoms with van der Waals surface area (Å²) < 4.78 is 9.52. The van der Waals surface area contributed by atoms with E-state index in [0.717, 1.165) is 45.3 Å². The van der Waals surface area contributed by atoms with E-state index in [0.29, 0.717) is 17.3 Å². The molecule has 1 aliphatic rings. The molecule has 0 fully saturated rings. The van der Waals surface area contributed by atoms with Gasteiger partial charge in [-0.3, -0.25) is 0 Å². The number of carbonyl (C=O) groups is 1. The number of aromatic nitrogens is 3. The predicted molar refractivity (Wildman–Crippen MR) is 153 cm³/mol. The van der Waals surface area contributed by atoms with E-state index in [9.17, 15) is 4.79 Å². The quantitative estimate of drug-likeness (QED) is 0.266. The number of hydrogen-bond acceptors (Lipinski definition) is 3. The molecule has 0 bridgehead atoms. The molecule has 2 aromatic heterocycles. The van der Waals surface area contributed by atoms with Crippen molar-refractivity contribution in [2.24, 2.45) is 0 Å². The molecule has 1 N–H and O–H groups in total. The smallest absolute Gasteiger partial charge is 0.322 e. The lowest BCUT2D eigenvalue weighted by molar-refractivity contribution is 0.194. The van der Waals surface area contributed by atoms with Gasteiger partial charge in [0.2, 0.25) is 0 Å². The van der Waals surface area contributed by atoms with Gasteiger partial charge in [-0.2, -0.15) is 5.10 Å². The average molecular weight is 538 g/mol. The van der Waals surface area contributed by atoms with E-state index in [1.807, 2.05) is 108 Å². The van der Waals surface area contributed by atoms with E-state index in [2.05, 4.69) is 16.0 Å². The molecule has 0 saturated heterocycles. The van der Waals surface area contributed by atoms with Crippen LogP contribution in [0.4, 0.5) is 10.5 Å². The number of nitrogens with zero attached hydrogens (tertiary/aromatic N) is 4. The number of rotatable bonds is 4. The summed E-state index contributed by atoms with van der Waals surface area (Å²) in [7, 11) is 1.65. The van der Waals surface area contributed by atoms with Crippen LogP contribution in [0.3, 0.4) is 0 Å². The highest BCUT2D eigenvalue weighted by Gasteiger charge is 2.36. The topological polar surface area (TPSA) is 64.3 Å². The number of urea groups is 1. The van der Waals surface area contributed by atoms with Crippen LogP contribution in [0.5, 0.6) is 5.75 Å². The molecule has 39 heavy (non-hydrogen) atoms. The van der Waals surface area contributed by atoms with Crippen LogP contribution >= 0.6 is 11.6 Å². The SMILES string of the molecule is COc1ccc([C@@H]2c3cccn3-c3c(c(C)nn3-c3ccccc3)CN2C(=O)Nc2cccc(Cl)c2C)cc1. The molecule has 2 amide bonds. The van der Waals surface area contributed by atoms with Crippen LogP contribution in [0.25, 0.3) is 11.5 Å². The van der Waals surface area contributed by atoms with Crippen molar-refractivity contribution >= 4 is 23.3 Å². The maximum atomic E-state index is 14.1. The first-order valence-electron chi connectivity index (χ1n) is 12.7. The van der Waals surface area contributed by atoms with Gasteiger partial charge in [0.15, 0.2) is 0 Å². The van der Waals surface area contributed by atoms with Gasteiger partial charge in [0.25, 0.3) is 0 Å². The molecular formula is C31H28ClN5O2. The summed E-state index contributed by atoms with van der Waals surface area (Å²) in [5, 5.41) is 8.64. The molecule has 0 unspecified atom stereocenters. The maximum Gasteiger partial charge on any atom is 0.322 e. The molecule has 5 aromatic rings. The number of fused-ring (bicyclic) bond motifs is 3. The Labute approximate surface area is 232 Å². The van der Waals surface area contributed by atoms with Crippen LogP contribution in [0.2, 0.25) is 5.02 Å². The van der Waals surface area contributed by atoms with Crippen molar-refractivity contribution in [2.75, 3.05) is 12.4 Å². The summed E-state index contributed by atoms with van der Waals surface area (Å²) >= 11 is 6.37. The molecule has 0 spiro atoms. The first kappa shape index (κ1) is 24.8. The Morgan fingerprint density at radius 3 is 2.49 bits per heavy atom. The van der Waals surface area contributed by atoms with Gasteiger partial charge < -0.3 is 19.5 Å². The van der Waals surface area contributed by atoms with Crippen molar-refractivity contribution in [3.8, 4) is 17.3 Å². The van der Waals surface area contributed by atoms with Crippen molar-refractivity contribution in [2.45, 2.75) is 26.4 Å². The molecule has 0 saturated carbocycles. The Morgan fingerprint density at radius 2 is 1.74 bits per heavy atom. The molecule has 1 atom stereocenters. The number of nitrogens with one attached hydrogen (secondary N) is 1. The van der Waals surface area contributed by atoms with Gasteiger partial charge in [-0.15, -0.1) is 0 Å². The van der Waals surface area contributed by atoms with Crippen LogP contribution in [0, 0.1) is 13.8 Å². The lowest BCUT2D eigenvalue weighted by atomic mass is 10.0. The highest BCUT2D eigenvalue weighted by molar-refractivity contribution is 6.31. The van der Waals surface area contributed by atoms with Crippen molar-refractivity contribution in [1.82, 2.24) is 19.2 Å². The van der Waals surface area contributed by atoms with Gasteiger partial charge >= 0.3 is 6.03 Å². The van der Waals surface area contributed by atoms with Crippen molar-refractivity contribution in [3.63, 3.8) is 0 Å². The van der Waals surface area contributed by atoms with Crippen LogP contribution in [-0.2, 0) is 6.54 Å². The number of anilines is 1. The number of methoxy groups -OCH3 is 1. The first-order chi connectivity index (χ1) is 19.0. The molecule has 7 nitrogen and oxygen atoms in total. The van der Waals surface area contributed by atoms with Gasteiger partial charge in [0, 0.05) is 22.5 Å². The zero-order valence-electron chi connectivity index (χ0n) is 21.9. The molecule has 3 aromatic carbocycles. The van der Waals surface area contributed by atoms with E-state index < -0.39 is 0 Å². The van der Waals surface area contributed by atoms with Gasteiger partial charge in [-0.05, 0) is 73.5 Å². The summed E-state index contributed by atoms with van der Waals surface area (Å²) in [5.41, 5.74) is 6.21. The standard InChI is InChI=1S/C31H28ClN5O2/c1-20-26(32)11-7-12-27(20)33-31(38)36-19-25-21(2)34-37(23-9-5-4-6-10-23)30(25)35-18-8-13-28(35)29(36)22-14-16-24(39-3)17-15-22/h4-18,29H,19H2,1-3H3,(H,33,38)/t29-/m1/s1. The Bertz CT molecular complexity index is 1660. The fourth-order valence-electron chi connectivity index (χ4n) is 5.22. The van der Waals surface area contributed by atoms with Gasteiger partial charge in [-0.1, -0.05) is 48.0 Å². The molecule has 6 rings (SSSR count). The van der Waals surface area contributed by atoms with Crippen molar-refractivity contribution in [1.29, 1.82) is 0 Å². The number of halogens is 1. The Kier molecular flexibility index (Phi) is 6.37. The number of ether oxygens (including phenoxy) is 1. The molecule has 196 valence electrons. The normalized spacial score (nSPS) is 14.4. The minimum Gasteiger partial charge on any atom is -0.497 e. The van der Waals surface area contributed by atoms with E-state index >= 15 is 0 Å². The molecular weight excluding hydrogens is 510 g/mol. The fourth-order valence-corrected chi connectivity index (χ4v) is 5.39. The number of carbonyl (C=O) groups excluding carboxylic acids is 1. The summed E-state index contributed by atoms with van der Waals surface area (Å²) in [4.78, 5) is 16.0. The van der Waals surface area contributed by atoms with Crippen molar-refractivity contribution < 1.29 is 9.53 Å². The highest BCUT2D eigenvalue weighted by atomic mass is 35.5. The molecule has 3 heterocycles. The molecule has 0 aliphatic carbocycles. The average Bonchev–Trinajstić information content (AvgIpc) is 3.52. The van der Waals surface area contributed by atoms with E-state index in [-0.39, 0.29) is 12.1 Å². The fraction of sp³-hybridized carbons (Fsp3) is 0.161. The van der Waals surface area contributed by atoms with E-state index in [1.165, 1.54) is 0 Å². The molecule has 8 heteroatoms. The van der Waals surface area contributed by atoms with Crippen LogP contribution in [0.1, 0.15) is 34.1 Å². The number of benzene rings is 3. The summed E-state index contributed by atoms with van der Waals surface area (Å²) in [6, 6.07) is 26.9. The van der Waals surface area contributed by atoms with Gasteiger partial charge in [0.1, 0.15) is 11.6 Å². The minimum atomic E-state index is -0.374. The van der Waals surface area contributed by atoms with Gasteiger partial charge in [0.05, 0.1) is 36.8 Å². The third kappa shape index (κ3) is 4.34.